The molecule has 1 aliphatic heterocycles. The van der Waals surface area contributed by atoms with E-state index in [1.807, 2.05) is 6.20 Å². The average Bonchev–Trinajstić information content (AvgIpc) is 2.93. The van der Waals surface area contributed by atoms with Gasteiger partial charge in [0.2, 0.25) is 0 Å². The van der Waals surface area contributed by atoms with Crippen molar-refractivity contribution in [3.63, 3.8) is 0 Å². The van der Waals surface area contributed by atoms with Crippen molar-refractivity contribution in [2.45, 2.75) is 32.7 Å². The van der Waals surface area contributed by atoms with Crippen LogP contribution in [0.1, 0.15) is 30.2 Å². The molecule has 3 rings (SSSR count). The van der Waals surface area contributed by atoms with Gasteiger partial charge in [0.25, 0.3) is 0 Å². The van der Waals surface area contributed by atoms with E-state index in [0.29, 0.717) is 0 Å². The summed E-state index contributed by atoms with van der Waals surface area (Å²) in [6.07, 6.45) is 5.60. The molecule has 0 radical (unpaired) electrons. The lowest BCUT2D eigenvalue weighted by Gasteiger charge is -2.30. The van der Waals surface area contributed by atoms with Crippen LogP contribution >= 0.6 is 11.3 Å². The molecule has 3 nitrogen and oxygen atoms in total. The molecule has 0 atom stereocenters. The SMILES string of the molecule is CCCNc1ncc(CN2CCCc3ccccc32)s1. The Kier molecular flexibility index (Phi) is 4.21. The van der Waals surface area contributed by atoms with Crippen LogP contribution < -0.4 is 10.2 Å². The highest BCUT2D eigenvalue weighted by atomic mass is 32.1. The van der Waals surface area contributed by atoms with Gasteiger partial charge in [0.1, 0.15) is 0 Å². The predicted molar refractivity (Wildman–Crippen MR) is 86.7 cm³/mol. The van der Waals surface area contributed by atoms with Crippen molar-refractivity contribution < 1.29 is 0 Å². The molecule has 106 valence electrons. The summed E-state index contributed by atoms with van der Waals surface area (Å²) >= 11 is 1.78. The molecule has 1 N–H and O–H groups in total. The van der Waals surface area contributed by atoms with E-state index in [2.05, 4.69) is 46.4 Å². The largest absolute Gasteiger partial charge is 0.366 e. The second-order valence-electron chi connectivity index (χ2n) is 5.21. The van der Waals surface area contributed by atoms with Crippen molar-refractivity contribution in [2.75, 3.05) is 23.3 Å². The first kappa shape index (κ1) is 13.4. The molecular weight excluding hydrogens is 266 g/mol. The Labute approximate surface area is 124 Å². The Morgan fingerprint density at radius 3 is 3.15 bits per heavy atom. The number of nitrogens with zero attached hydrogens (tertiary/aromatic N) is 2. The van der Waals surface area contributed by atoms with Crippen LogP contribution in [0.2, 0.25) is 0 Å². The number of rotatable bonds is 5. The summed E-state index contributed by atoms with van der Waals surface area (Å²) in [7, 11) is 0. The maximum atomic E-state index is 4.46. The number of hydrogen-bond donors (Lipinski definition) is 1. The van der Waals surface area contributed by atoms with Gasteiger partial charge in [-0.1, -0.05) is 25.1 Å². The minimum atomic E-state index is 0.975. The number of fused-ring (bicyclic) bond motifs is 1. The van der Waals surface area contributed by atoms with Gasteiger partial charge in [0, 0.05) is 29.9 Å². The van der Waals surface area contributed by atoms with Gasteiger partial charge in [-0.15, -0.1) is 11.3 Å². The summed E-state index contributed by atoms with van der Waals surface area (Å²) in [6.45, 7) is 5.29. The molecule has 0 bridgehead atoms. The lowest BCUT2D eigenvalue weighted by molar-refractivity contribution is 0.694. The molecule has 20 heavy (non-hydrogen) atoms. The van der Waals surface area contributed by atoms with E-state index in [4.69, 9.17) is 0 Å². The second-order valence-corrected chi connectivity index (χ2v) is 6.33. The standard InChI is InChI=1S/C16H21N3S/c1-2-9-17-16-18-11-14(20-16)12-19-10-5-7-13-6-3-4-8-15(13)19/h3-4,6,8,11H,2,5,7,9-10,12H2,1H3,(H,17,18). The third-order valence-corrected chi connectivity index (χ3v) is 4.57. The fraction of sp³-hybridized carbons (Fsp3) is 0.438. The molecule has 4 heteroatoms. The van der Waals surface area contributed by atoms with Gasteiger partial charge in [0.05, 0.1) is 6.54 Å². The van der Waals surface area contributed by atoms with Crippen molar-refractivity contribution in [1.29, 1.82) is 0 Å². The van der Waals surface area contributed by atoms with Crippen LogP contribution in [-0.2, 0) is 13.0 Å². The fourth-order valence-electron chi connectivity index (χ4n) is 2.66. The number of anilines is 2. The highest BCUT2D eigenvalue weighted by Gasteiger charge is 2.17. The summed E-state index contributed by atoms with van der Waals surface area (Å²) in [6, 6.07) is 8.77. The van der Waals surface area contributed by atoms with Crippen molar-refractivity contribution >= 4 is 22.2 Å². The van der Waals surface area contributed by atoms with Crippen molar-refractivity contribution in [1.82, 2.24) is 4.98 Å². The number of aryl methyl sites for hydroxylation is 1. The zero-order valence-corrected chi connectivity index (χ0v) is 12.7. The van der Waals surface area contributed by atoms with Gasteiger partial charge in [-0.05, 0) is 30.9 Å². The van der Waals surface area contributed by atoms with E-state index in [1.54, 1.807) is 11.3 Å². The van der Waals surface area contributed by atoms with Gasteiger partial charge < -0.3 is 10.2 Å². The third kappa shape index (κ3) is 2.96. The minimum absolute atomic E-state index is 0.975. The number of aromatic nitrogens is 1. The Bertz CT molecular complexity index is 564. The summed E-state index contributed by atoms with van der Waals surface area (Å²) in [4.78, 5) is 8.27. The lowest BCUT2D eigenvalue weighted by atomic mass is 10.0. The molecule has 1 aliphatic rings. The minimum Gasteiger partial charge on any atom is -0.366 e. The maximum Gasteiger partial charge on any atom is 0.182 e. The van der Waals surface area contributed by atoms with Crippen molar-refractivity contribution in [3.05, 3.63) is 40.9 Å². The number of hydrogen-bond acceptors (Lipinski definition) is 4. The van der Waals surface area contributed by atoms with Crippen LogP contribution in [0, 0.1) is 0 Å². The number of para-hydroxylation sites is 1. The predicted octanol–water partition coefficient (Wildman–Crippen LogP) is 3.92. The van der Waals surface area contributed by atoms with Gasteiger partial charge >= 0.3 is 0 Å². The Morgan fingerprint density at radius 2 is 2.25 bits per heavy atom. The first-order valence-corrected chi connectivity index (χ1v) is 8.20. The highest BCUT2D eigenvalue weighted by Crippen LogP contribution is 2.29. The topological polar surface area (TPSA) is 28.2 Å². The number of benzene rings is 1. The Balaban J connectivity index is 1.71. The monoisotopic (exact) mass is 287 g/mol. The van der Waals surface area contributed by atoms with Crippen LogP contribution in [0.4, 0.5) is 10.8 Å². The van der Waals surface area contributed by atoms with Gasteiger partial charge in [-0.3, -0.25) is 0 Å². The maximum absolute atomic E-state index is 4.46. The van der Waals surface area contributed by atoms with E-state index < -0.39 is 0 Å². The molecule has 0 unspecified atom stereocenters. The quantitative estimate of drug-likeness (QED) is 0.903. The van der Waals surface area contributed by atoms with E-state index in [1.165, 1.54) is 29.0 Å². The summed E-state index contributed by atoms with van der Waals surface area (Å²) in [5, 5.41) is 4.41. The molecule has 0 saturated heterocycles. The first-order valence-electron chi connectivity index (χ1n) is 7.38. The Hall–Kier alpha value is -1.55. The van der Waals surface area contributed by atoms with Crippen LogP contribution in [0.25, 0.3) is 0 Å². The van der Waals surface area contributed by atoms with Crippen LogP contribution in [0.5, 0.6) is 0 Å². The zero-order chi connectivity index (χ0) is 13.8. The summed E-state index contributed by atoms with van der Waals surface area (Å²) in [5.41, 5.74) is 2.88. The molecule has 0 fully saturated rings. The Morgan fingerprint density at radius 1 is 1.35 bits per heavy atom. The summed E-state index contributed by atoms with van der Waals surface area (Å²) in [5.74, 6) is 0. The summed E-state index contributed by atoms with van der Waals surface area (Å²) < 4.78 is 0. The molecule has 2 heterocycles. The zero-order valence-electron chi connectivity index (χ0n) is 11.9. The molecule has 0 aliphatic carbocycles. The molecule has 2 aromatic rings. The van der Waals surface area contributed by atoms with E-state index in [-0.39, 0.29) is 0 Å². The average molecular weight is 287 g/mol. The number of nitrogens with one attached hydrogen (secondary N) is 1. The lowest BCUT2D eigenvalue weighted by Crippen LogP contribution is -2.28. The number of thiazole rings is 1. The highest BCUT2D eigenvalue weighted by molar-refractivity contribution is 7.15. The van der Waals surface area contributed by atoms with Gasteiger partial charge in [-0.25, -0.2) is 4.98 Å². The molecule has 1 aromatic heterocycles. The van der Waals surface area contributed by atoms with Crippen molar-refractivity contribution in [3.8, 4) is 0 Å². The van der Waals surface area contributed by atoms with Crippen molar-refractivity contribution in [2.24, 2.45) is 0 Å². The van der Waals surface area contributed by atoms with E-state index in [9.17, 15) is 0 Å². The smallest absolute Gasteiger partial charge is 0.182 e. The molecule has 0 amide bonds. The van der Waals surface area contributed by atoms with Crippen LogP contribution in [-0.4, -0.2) is 18.1 Å². The second kappa shape index (κ2) is 6.27. The van der Waals surface area contributed by atoms with Crippen LogP contribution in [0.15, 0.2) is 30.5 Å². The first-order chi connectivity index (χ1) is 9.86. The third-order valence-electron chi connectivity index (χ3n) is 3.63. The fourth-order valence-corrected chi connectivity index (χ4v) is 3.51. The van der Waals surface area contributed by atoms with E-state index >= 15 is 0 Å². The van der Waals surface area contributed by atoms with Gasteiger partial charge in [0.15, 0.2) is 5.13 Å². The normalized spacial score (nSPS) is 14.2. The molecule has 0 spiro atoms. The molecule has 0 saturated carbocycles. The van der Waals surface area contributed by atoms with Crippen LogP contribution in [0.3, 0.4) is 0 Å². The molecular formula is C16H21N3S. The van der Waals surface area contributed by atoms with Gasteiger partial charge in [-0.2, -0.15) is 0 Å². The van der Waals surface area contributed by atoms with E-state index in [0.717, 1.165) is 31.2 Å². The molecule has 1 aromatic carbocycles.